The zero-order chi connectivity index (χ0) is 22.6. The Morgan fingerprint density at radius 3 is 2.06 bits per heavy atom. The highest BCUT2D eigenvalue weighted by atomic mass is 32.2. The summed E-state index contributed by atoms with van der Waals surface area (Å²) in [6, 6.07) is 14.5. The number of hydroxylamine groups is 1. The maximum atomic E-state index is 12.8. The molecule has 2 aromatic carbocycles. The van der Waals surface area contributed by atoms with E-state index >= 15 is 0 Å². The molecule has 3 rings (SSSR count). The molecule has 1 amide bonds. The predicted octanol–water partition coefficient (Wildman–Crippen LogP) is 2.28. The molecule has 3 aromatic rings. The van der Waals surface area contributed by atoms with Crippen molar-refractivity contribution in [1.29, 1.82) is 0 Å². The number of carbonyl (C=O) groups excluding carboxylic acids is 1. The molecule has 1 aromatic heterocycles. The molecule has 162 valence electrons. The van der Waals surface area contributed by atoms with Gasteiger partial charge in [0.25, 0.3) is 15.9 Å². The van der Waals surface area contributed by atoms with E-state index in [1.54, 1.807) is 36.4 Å². The van der Waals surface area contributed by atoms with Crippen LogP contribution in [0.5, 0.6) is 0 Å². The third kappa shape index (κ3) is 5.60. The van der Waals surface area contributed by atoms with Gasteiger partial charge in [0, 0.05) is 24.2 Å². The first-order chi connectivity index (χ1) is 14.6. The molecular weight excluding hydrogens is 442 g/mol. The fourth-order valence-corrected chi connectivity index (χ4v) is 4.50. The monoisotopic (exact) mass is 461 g/mol. The third-order valence-corrected chi connectivity index (χ3v) is 6.44. The number of sulfonamides is 1. The molecule has 0 atom stereocenters. The van der Waals surface area contributed by atoms with Crippen LogP contribution in [0, 0.1) is 0 Å². The van der Waals surface area contributed by atoms with E-state index in [0.29, 0.717) is 11.3 Å². The molecule has 0 bridgehead atoms. The second-order valence-corrected chi connectivity index (χ2v) is 10.2. The maximum Gasteiger partial charge on any atom is 0.267 e. The molecule has 0 radical (unpaired) electrons. The lowest BCUT2D eigenvalue weighted by Crippen LogP contribution is -2.14. The van der Waals surface area contributed by atoms with Crippen molar-refractivity contribution in [3.63, 3.8) is 0 Å². The van der Waals surface area contributed by atoms with Gasteiger partial charge in [-0.25, -0.2) is 26.3 Å². The van der Waals surface area contributed by atoms with Crippen LogP contribution in [-0.2, 0) is 24.8 Å². The van der Waals surface area contributed by atoms with Crippen molar-refractivity contribution in [3.8, 4) is 11.1 Å². The second-order valence-electron chi connectivity index (χ2n) is 6.57. The molecule has 0 spiro atoms. The van der Waals surface area contributed by atoms with Gasteiger partial charge in [0.2, 0.25) is 10.0 Å². The average Bonchev–Trinajstić information content (AvgIpc) is 3.21. The van der Waals surface area contributed by atoms with Crippen molar-refractivity contribution in [3.05, 3.63) is 78.6 Å². The molecule has 9 nitrogen and oxygen atoms in total. The van der Waals surface area contributed by atoms with Gasteiger partial charge >= 0.3 is 0 Å². The number of amides is 1. The lowest BCUT2D eigenvalue weighted by molar-refractivity contribution is -0.124. The standard InChI is InChI=1S/C20H19N3O6S2/c1-30(26,27)22-18-7-3-16(4-8-18)17-5-9-19(10-6-17)31(28,29)23-13-12-15(14-23)2-11-20(24)21-25/h2-14,22,25H,1H3,(H,21,24)/b11-2+. The van der Waals surface area contributed by atoms with E-state index in [9.17, 15) is 21.6 Å². The van der Waals surface area contributed by atoms with Crippen LogP contribution in [0.25, 0.3) is 17.2 Å². The lowest BCUT2D eigenvalue weighted by atomic mass is 10.1. The highest BCUT2D eigenvalue weighted by molar-refractivity contribution is 7.92. The van der Waals surface area contributed by atoms with Gasteiger partial charge in [0.15, 0.2) is 0 Å². The zero-order valence-corrected chi connectivity index (χ0v) is 17.9. The van der Waals surface area contributed by atoms with E-state index < -0.39 is 26.0 Å². The van der Waals surface area contributed by atoms with Crippen LogP contribution >= 0.6 is 0 Å². The third-order valence-electron chi connectivity index (χ3n) is 4.18. The highest BCUT2D eigenvalue weighted by Crippen LogP contribution is 2.24. The molecule has 0 aliphatic carbocycles. The van der Waals surface area contributed by atoms with Crippen LogP contribution in [0.2, 0.25) is 0 Å². The van der Waals surface area contributed by atoms with Gasteiger partial charge in [0.05, 0.1) is 11.2 Å². The minimum Gasteiger partial charge on any atom is -0.288 e. The van der Waals surface area contributed by atoms with Crippen molar-refractivity contribution in [2.24, 2.45) is 0 Å². The molecule has 1 heterocycles. The van der Waals surface area contributed by atoms with Crippen LogP contribution in [0.3, 0.4) is 0 Å². The molecule has 3 N–H and O–H groups in total. The number of nitrogens with zero attached hydrogens (tertiary/aromatic N) is 1. The van der Waals surface area contributed by atoms with Crippen LogP contribution in [0.1, 0.15) is 5.56 Å². The minimum atomic E-state index is -3.83. The van der Waals surface area contributed by atoms with E-state index in [4.69, 9.17) is 5.21 Å². The molecule has 0 unspecified atom stereocenters. The Balaban J connectivity index is 1.80. The Kier molecular flexibility index (Phi) is 6.29. The summed E-state index contributed by atoms with van der Waals surface area (Å²) in [6.07, 6.45) is 6.20. The molecule has 31 heavy (non-hydrogen) atoms. The maximum absolute atomic E-state index is 12.8. The summed E-state index contributed by atoms with van der Waals surface area (Å²) >= 11 is 0. The summed E-state index contributed by atoms with van der Waals surface area (Å²) in [5.41, 5.74) is 3.89. The highest BCUT2D eigenvalue weighted by Gasteiger charge is 2.16. The normalized spacial score (nSPS) is 12.1. The van der Waals surface area contributed by atoms with Gasteiger partial charge in [-0.2, -0.15) is 0 Å². The average molecular weight is 462 g/mol. The van der Waals surface area contributed by atoms with E-state index in [-0.39, 0.29) is 4.90 Å². The van der Waals surface area contributed by atoms with Gasteiger partial charge in [-0.15, -0.1) is 0 Å². The van der Waals surface area contributed by atoms with Gasteiger partial charge < -0.3 is 0 Å². The van der Waals surface area contributed by atoms with Crippen LogP contribution in [-0.4, -0.2) is 38.2 Å². The number of nitrogens with one attached hydrogen (secondary N) is 2. The molecule has 0 saturated heterocycles. The first-order valence-corrected chi connectivity index (χ1v) is 12.2. The molecule has 0 aliphatic heterocycles. The number of aromatic nitrogens is 1. The largest absolute Gasteiger partial charge is 0.288 e. The number of benzene rings is 2. The number of carbonyl (C=O) groups is 1. The number of hydrogen-bond acceptors (Lipinski definition) is 6. The van der Waals surface area contributed by atoms with E-state index in [0.717, 1.165) is 27.4 Å². The lowest BCUT2D eigenvalue weighted by Gasteiger charge is -2.08. The van der Waals surface area contributed by atoms with Crippen molar-refractivity contribution in [2.75, 3.05) is 11.0 Å². The van der Waals surface area contributed by atoms with Crippen molar-refractivity contribution >= 4 is 37.7 Å². The van der Waals surface area contributed by atoms with E-state index in [1.165, 1.54) is 42.1 Å². The van der Waals surface area contributed by atoms with Crippen LogP contribution < -0.4 is 10.2 Å². The van der Waals surface area contributed by atoms with Crippen molar-refractivity contribution in [2.45, 2.75) is 4.90 Å². The summed E-state index contributed by atoms with van der Waals surface area (Å²) in [6.45, 7) is 0. The Hall–Kier alpha value is -3.41. The minimum absolute atomic E-state index is 0.0749. The van der Waals surface area contributed by atoms with Crippen molar-refractivity contribution in [1.82, 2.24) is 9.45 Å². The summed E-state index contributed by atoms with van der Waals surface area (Å²) in [7, 11) is -7.20. The molecule has 11 heteroatoms. The summed E-state index contributed by atoms with van der Waals surface area (Å²) in [5.74, 6) is -0.730. The SMILES string of the molecule is CS(=O)(=O)Nc1ccc(-c2ccc(S(=O)(=O)n3ccc(/C=C/C(=O)NO)c3)cc2)cc1. The fourth-order valence-electron chi connectivity index (χ4n) is 2.74. The topological polar surface area (TPSA) is 135 Å². The van der Waals surface area contributed by atoms with Gasteiger partial charge in [-0.1, -0.05) is 24.3 Å². The zero-order valence-electron chi connectivity index (χ0n) is 16.3. The number of hydrogen-bond donors (Lipinski definition) is 3. The summed E-state index contributed by atoms with van der Waals surface area (Å²) in [5, 5.41) is 8.48. The van der Waals surface area contributed by atoms with E-state index in [1.807, 2.05) is 0 Å². The Labute approximate surface area is 179 Å². The van der Waals surface area contributed by atoms with Gasteiger partial charge in [-0.05, 0) is 53.1 Å². The first-order valence-electron chi connectivity index (χ1n) is 8.82. The molecule has 0 aliphatic rings. The van der Waals surface area contributed by atoms with Crippen LogP contribution in [0.15, 0.2) is 78.0 Å². The Morgan fingerprint density at radius 1 is 0.935 bits per heavy atom. The van der Waals surface area contributed by atoms with Gasteiger partial charge in [-0.3, -0.25) is 14.7 Å². The molecule has 0 saturated carbocycles. The van der Waals surface area contributed by atoms with Gasteiger partial charge in [0.1, 0.15) is 0 Å². The first kappa shape index (κ1) is 22.3. The summed E-state index contributed by atoms with van der Waals surface area (Å²) < 4.78 is 51.6. The quantitative estimate of drug-likeness (QED) is 0.281. The van der Waals surface area contributed by atoms with E-state index in [2.05, 4.69) is 4.72 Å². The molecule has 0 fully saturated rings. The Bertz CT molecular complexity index is 1320. The smallest absolute Gasteiger partial charge is 0.267 e. The number of rotatable bonds is 7. The fraction of sp³-hybridized carbons (Fsp3) is 0.0500. The Morgan fingerprint density at radius 2 is 1.52 bits per heavy atom. The second kappa shape index (κ2) is 8.76. The van der Waals surface area contributed by atoms with Crippen LogP contribution in [0.4, 0.5) is 5.69 Å². The number of anilines is 1. The molecular formula is C20H19N3O6S2. The van der Waals surface area contributed by atoms with Crippen molar-refractivity contribution < 1.29 is 26.8 Å². The summed E-state index contributed by atoms with van der Waals surface area (Å²) in [4.78, 5) is 11.1. The predicted molar refractivity (Wildman–Crippen MR) is 116 cm³/mol.